The second-order valence-electron chi connectivity index (χ2n) is 4.11. The van der Waals surface area contributed by atoms with Crippen molar-refractivity contribution < 1.29 is 4.79 Å². The minimum absolute atomic E-state index is 0.00672. The quantitative estimate of drug-likeness (QED) is 0.747. The van der Waals surface area contributed by atoms with E-state index in [0.29, 0.717) is 26.1 Å². The number of carbonyl (C=O) groups is 1. The summed E-state index contributed by atoms with van der Waals surface area (Å²) in [6, 6.07) is 7.03. The van der Waals surface area contributed by atoms with Crippen molar-refractivity contribution in [3.8, 4) is 6.07 Å². The third-order valence-corrected chi connectivity index (χ3v) is 2.88. The lowest BCUT2D eigenvalue weighted by Gasteiger charge is -2.35. The molecule has 5 nitrogen and oxygen atoms in total. The van der Waals surface area contributed by atoms with Crippen molar-refractivity contribution in [2.75, 3.05) is 13.1 Å². The second kappa shape index (κ2) is 4.83. The molecule has 1 aromatic rings. The Morgan fingerprint density at radius 1 is 1.47 bits per heavy atom. The molecule has 1 fully saturated rings. The Balaban J connectivity index is 1.84. The molecule has 0 bridgehead atoms. The number of aryl methyl sites for hydroxylation is 1. The lowest BCUT2D eigenvalue weighted by atomic mass is 10.0. The highest BCUT2D eigenvalue weighted by atomic mass is 16.2. The van der Waals surface area contributed by atoms with E-state index in [9.17, 15) is 9.59 Å². The van der Waals surface area contributed by atoms with Crippen LogP contribution in [0.1, 0.15) is 6.42 Å². The summed E-state index contributed by atoms with van der Waals surface area (Å²) >= 11 is 0. The normalized spacial score (nSPS) is 15.1. The molecule has 88 valence electrons. The molecule has 0 spiro atoms. The summed E-state index contributed by atoms with van der Waals surface area (Å²) in [6.07, 6.45) is 1.98. The summed E-state index contributed by atoms with van der Waals surface area (Å²) < 4.78 is 1.51. The van der Waals surface area contributed by atoms with Crippen LogP contribution in [0.15, 0.2) is 29.2 Å². The maximum atomic E-state index is 11.7. The standard InChI is InChI=1S/C12H13N3O2/c13-7-10-8-15(9-10)12(17)4-6-14-5-2-1-3-11(14)16/h1-3,5,10H,4,6,8-9H2. The highest BCUT2D eigenvalue weighted by Crippen LogP contribution is 2.15. The fourth-order valence-corrected chi connectivity index (χ4v) is 1.78. The molecule has 0 radical (unpaired) electrons. The van der Waals surface area contributed by atoms with Crippen molar-refractivity contribution in [3.05, 3.63) is 34.7 Å². The highest BCUT2D eigenvalue weighted by molar-refractivity contribution is 5.77. The molecule has 1 aromatic heterocycles. The summed E-state index contributed by atoms with van der Waals surface area (Å²) in [5, 5.41) is 8.60. The predicted octanol–water partition coefficient (Wildman–Crippen LogP) is 0.220. The van der Waals surface area contributed by atoms with Gasteiger partial charge in [-0.2, -0.15) is 5.26 Å². The average molecular weight is 231 g/mol. The number of nitriles is 1. The number of aromatic nitrogens is 1. The van der Waals surface area contributed by atoms with Crippen LogP contribution in [0.2, 0.25) is 0 Å². The first-order chi connectivity index (χ1) is 8.20. The molecule has 1 saturated heterocycles. The van der Waals surface area contributed by atoms with Gasteiger partial charge in [-0.15, -0.1) is 0 Å². The average Bonchev–Trinajstić information content (AvgIpc) is 2.26. The summed E-state index contributed by atoms with van der Waals surface area (Å²) in [5.74, 6) is -0.00866. The van der Waals surface area contributed by atoms with E-state index in [1.807, 2.05) is 0 Å². The largest absolute Gasteiger partial charge is 0.340 e. The van der Waals surface area contributed by atoms with Gasteiger partial charge in [0.1, 0.15) is 0 Å². The summed E-state index contributed by atoms with van der Waals surface area (Å²) in [7, 11) is 0. The van der Waals surface area contributed by atoms with E-state index in [-0.39, 0.29) is 17.4 Å². The summed E-state index contributed by atoms with van der Waals surface area (Å²) in [6.45, 7) is 1.45. The van der Waals surface area contributed by atoms with Crippen LogP contribution < -0.4 is 5.56 Å². The van der Waals surface area contributed by atoms with Crippen LogP contribution in [0, 0.1) is 17.2 Å². The molecule has 0 N–H and O–H groups in total. The van der Waals surface area contributed by atoms with Crippen molar-refractivity contribution in [2.24, 2.45) is 5.92 Å². The number of hydrogen-bond donors (Lipinski definition) is 0. The lowest BCUT2D eigenvalue weighted by Crippen LogP contribution is -2.49. The van der Waals surface area contributed by atoms with Crippen molar-refractivity contribution in [2.45, 2.75) is 13.0 Å². The van der Waals surface area contributed by atoms with Crippen LogP contribution in [0.25, 0.3) is 0 Å². The number of hydrogen-bond acceptors (Lipinski definition) is 3. The third kappa shape index (κ3) is 2.53. The van der Waals surface area contributed by atoms with E-state index in [1.54, 1.807) is 23.2 Å². The van der Waals surface area contributed by atoms with Crippen LogP contribution in [0.3, 0.4) is 0 Å². The smallest absolute Gasteiger partial charge is 0.250 e. The molecular formula is C12H13N3O2. The maximum absolute atomic E-state index is 11.7. The molecule has 2 heterocycles. The van der Waals surface area contributed by atoms with Crippen LogP contribution in [-0.2, 0) is 11.3 Å². The molecule has 0 aliphatic carbocycles. The van der Waals surface area contributed by atoms with Crippen LogP contribution in [0.5, 0.6) is 0 Å². The molecule has 0 atom stereocenters. The molecule has 1 aliphatic rings. The molecule has 1 aliphatic heterocycles. The molecule has 0 saturated carbocycles. The predicted molar refractivity (Wildman–Crippen MR) is 61.0 cm³/mol. The first-order valence-electron chi connectivity index (χ1n) is 5.53. The first-order valence-corrected chi connectivity index (χ1v) is 5.53. The summed E-state index contributed by atoms with van der Waals surface area (Å²) in [4.78, 5) is 24.7. The van der Waals surface area contributed by atoms with Gasteiger partial charge in [0.05, 0.1) is 12.0 Å². The van der Waals surface area contributed by atoms with E-state index in [0.717, 1.165) is 0 Å². The Hall–Kier alpha value is -2.09. The second-order valence-corrected chi connectivity index (χ2v) is 4.11. The number of carbonyl (C=O) groups excluding carboxylic acids is 1. The SMILES string of the molecule is N#CC1CN(C(=O)CCn2ccccc2=O)C1. The number of pyridine rings is 1. The topological polar surface area (TPSA) is 66.1 Å². The maximum Gasteiger partial charge on any atom is 0.250 e. The van der Waals surface area contributed by atoms with Gasteiger partial charge in [0.15, 0.2) is 0 Å². The Labute approximate surface area is 98.9 Å². The molecular weight excluding hydrogens is 218 g/mol. The van der Waals surface area contributed by atoms with Crippen LogP contribution in [0.4, 0.5) is 0 Å². The van der Waals surface area contributed by atoms with Gasteiger partial charge in [-0.05, 0) is 6.07 Å². The van der Waals surface area contributed by atoms with Gasteiger partial charge in [0, 0.05) is 38.3 Å². The molecule has 17 heavy (non-hydrogen) atoms. The molecule has 0 unspecified atom stereocenters. The van der Waals surface area contributed by atoms with E-state index in [1.165, 1.54) is 10.6 Å². The molecule has 0 aromatic carbocycles. The minimum Gasteiger partial charge on any atom is -0.340 e. The minimum atomic E-state index is -0.0983. The monoisotopic (exact) mass is 231 g/mol. The Morgan fingerprint density at radius 2 is 2.24 bits per heavy atom. The molecule has 5 heteroatoms. The van der Waals surface area contributed by atoms with Gasteiger partial charge >= 0.3 is 0 Å². The number of rotatable bonds is 3. The third-order valence-electron chi connectivity index (χ3n) is 2.88. The fourth-order valence-electron chi connectivity index (χ4n) is 1.78. The number of likely N-dealkylation sites (tertiary alicyclic amines) is 1. The zero-order valence-electron chi connectivity index (χ0n) is 9.37. The van der Waals surface area contributed by atoms with E-state index >= 15 is 0 Å². The van der Waals surface area contributed by atoms with Crippen LogP contribution in [-0.4, -0.2) is 28.5 Å². The van der Waals surface area contributed by atoms with Crippen molar-refractivity contribution in [1.82, 2.24) is 9.47 Å². The van der Waals surface area contributed by atoms with E-state index in [4.69, 9.17) is 5.26 Å². The Bertz CT molecular complexity index is 509. The van der Waals surface area contributed by atoms with Crippen LogP contribution >= 0.6 is 0 Å². The van der Waals surface area contributed by atoms with E-state index in [2.05, 4.69) is 6.07 Å². The summed E-state index contributed by atoms with van der Waals surface area (Å²) in [5.41, 5.74) is -0.0983. The Morgan fingerprint density at radius 3 is 2.88 bits per heavy atom. The fraction of sp³-hybridized carbons (Fsp3) is 0.417. The van der Waals surface area contributed by atoms with Gasteiger partial charge < -0.3 is 9.47 Å². The zero-order valence-corrected chi connectivity index (χ0v) is 9.37. The zero-order chi connectivity index (χ0) is 12.3. The first kappa shape index (κ1) is 11.4. The van der Waals surface area contributed by atoms with Crippen molar-refractivity contribution >= 4 is 5.91 Å². The highest BCUT2D eigenvalue weighted by Gasteiger charge is 2.29. The van der Waals surface area contributed by atoms with Crippen molar-refractivity contribution in [1.29, 1.82) is 5.26 Å². The molecule has 1 amide bonds. The van der Waals surface area contributed by atoms with Gasteiger partial charge in [0.25, 0.3) is 5.56 Å². The van der Waals surface area contributed by atoms with E-state index < -0.39 is 0 Å². The van der Waals surface area contributed by atoms with Gasteiger partial charge in [-0.1, -0.05) is 6.07 Å². The van der Waals surface area contributed by atoms with Gasteiger partial charge in [-0.25, -0.2) is 0 Å². The van der Waals surface area contributed by atoms with Gasteiger partial charge in [0.2, 0.25) is 5.91 Å². The Kier molecular flexibility index (Phi) is 3.24. The molecule has 2 rings (SSSR count). The van der Waals surface area contributed by atoms with Gasteiger partial charge in [-0.3, -0.25) is 9.59 Å². The lowest BCUT2D eigenvalue weighted by molar-refractivity contribution is -0.136. The number of amides is 1. The van der Waals surface area contributed by atoms with Crippen molar-refractivity contribution in [3.63, 3.8) is 0 Å². The number of nitrogens with zero attached hydrogens (tertiary/aromatic N) is 3.